The Morgan fingerprint density at radius 1 is 1.13 bits per heavy atom. The van der Waals surface area contributed by atoms with Gasteiger partial charge in [-0.25, -0.2) is 4.98 Å². The highest BCUT2D eigenvalue weighted by Gasteiger charge is 2.05. The molecule has 0 bridgehead atoms. The molecule has 1 heterocycles. The van der Waals surface area contributed by atoms with E-state index in [1.54, 1.807) is 0 Å². The van der Waals surface area contributed by atoms with Gasteiger partial charge in [-0.15, -0.1) is 11.3 Å². The van der Waals surface area contributed by atoms with Crippen molar-refractivity contribution in [1.82, 2.24) is 4.98 Å². The highest BCUT2D eigenvalue weighted by Crippen LogP contribution is 2.28. The van der Waals surface area contributed by atoms with E-state index in [1.165, 1.54) is 16.7 Å². The number of hydrogen-bond donors (Lipinski definition) is 0. The fourth-order valence-corrected chi connectivity index (χ4v) is 2.49. The van der Waals surface area contributed by atoms with Gasteiger partial charge in [0.2, 0.25) is 0 Å². The summed E-state index contributed by atoms with van der Waals surface area (Å²) < 4.78 is 1.07. The molecular weight excluding hydrogens is 204 g/mol. The van der Waals surface area contributed by atoms with Crippen molar-refractivity contribution in [3.05, 3.63) is 41.4 Å². The molecule has 0 amide bonds. The molecule has 0 saturated heterocycles. The Morgan fingerprint density at radius 2 is 2.00 bits per heavy atom. The molecule has 3 aromatic rings. The monoisotopic (exact) mass is 210 g/mol. The molecular formula is C12H6N2S. The number of thiazole rings is 1. The van der Waals surface area contributed by atoms with Crippen LogP contribution in [0.3, 0.4) is 0 Å². The van der Waals surface area contributed by atoms with E-state index >= 15 is 0 Å². The lowest BCUT2D eigenvalue weighted by molar-refractivity contribution is 1.41. The smallest absolute Gasteiger partial charge is 0.195 e. The van der Waals surface area contributed by atoms with Crippen molar-refractivity contribution in [2.45, 2.75) is 0 Å². The lowest BCUT2D eigenvalue weighted by Crippen LogP contribution is -1.75. The first kappa shape index (κ1) is 8.39. The lowest BCUT2D eigenvalue weighted by Gasteiger charge is -1.96. The SMILES string of the molecule is N#Cc1nc2c(ccc3ccccc32)s1. The Bertz CT molecular complexity index is 691. The van der Waals surface area contributed by atoms with Crippen LogP contribution in [-0.2, 0) is 0 Å². The average Bonchev–Trinajstić information content (AvgIpc) is 2.72. The van der Waals surface area contributed by atoms with E-state index in [2.05, 4.69) is 23.2 Å². The highest BCUT2D eigenvalue weighted by atomic mass is 32.1. The van der Waals surface area contributed by atoms with Crippen molar-refractivity contribution in [3.63, 3.8) is 0 Å². The quantitative estimate of drug-likeness (QED) is 0.570. The van der Waals surface area contributed by atoms with Gasteiger partial charge in [0.05, 0.1) is 10.2 Å². The van der Waals surface area contributed by atoms with Gasteiger partial charge in [0.15, 0.2) is 5.01 Å². The maximum absolute atomic E-state index is 8.81. The number of rotatable bonds is 0. The van der Waals surface area contributed by atoms with E-state index in [1.807, 2.05) is 24.3 Å². The number of nitrogens with zero attached hydrogens (tertiary/aromatic N) is 2. The standard InChI is InChI=1S/C12H6N2S/c13-7-11-14-12-9-4-2-1-3-8(9)5-6-10(12)15-11/h1-6H. The topological polar surface area (TPSA) is 36.7 Å². The van der Waals surface area contributed by atoms with Crippen LogP contribution >= 0.6 is 11.3 Å². The van der Waals surface area contributed by atoms with Crippen molar-refractivity contribution in [2.24, 2.45) is 0 Å². The molecule has 70 valence electrons. The number of nitriles is 1. The minimum absolute atomic E-state index is 0.529. The normalized spacial score (nSPS) is 10.6. The van der Waals surface area contributed by atoms with Crippen molar-refractivity contribution in [2.75, 3.05) is 0 Å². The maximum Gasteiger partial charge on any atom is 0.195 e. The van der Waals surface area contributed by atoms with Crippen molar-refractivity contribution in [1.29, 1.82) is 5.26 Å². The summed E-state index contributed by atoms with van der Waals surface area (Å²) in [6.07, 6.45) is 0. The Hall–Kier alpha value is -1.92. The molecule has 0 unspecified atom stereocenters. The third kappa shape index (κ3) is 1.19. The first-order chi connectivity index (χ1) is 7.38. The van der Waals surface area contributed by atoms with Gasteiger partial charge in [0.25, 0.3) is 0 Å². The van der Waals surface area contributed by atoms with Gasteiger partial charge in [-0.1, -0.05) is 30.3 Å². The molecule has 0 aliphatic heterocycles. The van der Waals surface area contributed by atoms with E-state index in [0.29, 0.717) is 5.01 Å². The molecule has 0 saturated carbocycles. The maximum atomic E-state index is 8.81. The predicted octanol–water partition coefficient (Wildman–Crippen LogP) is 3.32. The fourth-order valence-electron chi connectivity index (χ4n) is 1.71. The fraction of sp³-hybridized carbons (Fsp3) is 0. The second-order valence-electron chi connectivity index (χ2n) is 3.26. The summed E-state index contributed by atoms with van der Waals surface area (Å²) in [5.74, 6) is 0. The van der Waals surface area contributed by atoms with E-state index in [9.17, 15) is 0 Å². The number of fused-ring (bicyclic) bond motifs is 3. The van der Waals surface area contributed by atoms with Gasteiger partial charge >= 0.3 is 0 Å². The van der Waals surface area contributed by atoms with E-state index in [0.717, 1.165) is 15.6 Å². The summed E-state index contributed by atoms with van der Waals surface area (Å²) in [6, 6.07) is 14.3. The molecule has 0 radical (unpaired) electrons. The second-order valence-corrected chi connectivity index (χ2v) is 4.29. The summed E-state index contributed by atoms with van der Waals surface area (Å²) in [6.45, 7) is 0. The van der Waals surface area contributed by atoms with Crippen molar-refractivity contribution in [3.8, 4) is 6.07 Å². The van der Waals surface area contributed by atoms with Crippen LogP contribution in [0.4, 0.5) is 0 Å². The van der Waals surface area contributed by atoms with Crippen LogP contribution in [0.15, 0.2) is 36.4 Å². The van der Waals surface area contributed by atoms with Crippen LogP contribution < -0.4 is 0 Å². The third-order valence-corrected chi connectivity index (χ3v) is 3.30. The molecule has 0 aliphatic carbocycles. The zero-order valence-electron chi connectivity index (χ0n) is 7.77. The molecule has 3 rings (SSSR count). The Morgan fingerprint density at radius 3 is 2.87 bits per heavy atom. The third-order valence-electron chi connectivity index (χ3n) is 2.38. The lowest BCUT2D eigenvalue weighted by atomic mass is 10.1. The van der Waals surface area contributed by atoms with Gasteiger partial charge in [0.1, 0.15) is 6.07 Å². The van der Waals surface area contributed by atoms with Crippen LogP contribution in [0.1, 0.15) is 5.01 Å². The van der Waals surface area contributed by atoms with Crippen molar-refractivity contribution >= 4 is 32.3 Å². The zero-order valence-corrected chi connectivity index (χ0v) is 8.58. The number of benzene rings is 2. The summed E-state index contributed by atoms with van der Waals surface area (Å²) in [5, 5.41) is 11.6. The molecule has 2 nitrogen and oxygen atoms in total. The highest BCUT2D eigenvalue weighted by molar-refractivity contribution is 7.19. The van der Waals surface area contributed by atoms with Crippen molar-refractivity contribution < 1.29 is 0 Å². The van der Waals surface area contributed by atoms with Gasteiger partial charge in [-0.2, -0.15) is 5.26 Å². The van der Waals surface area contributed by atoms with Crippen LogP contribution in [0.25, 0.3) is 21.0 Å². The largest absolute Gasteiger partial charge is 0.225 e. The Kier molecular flexibility index (Phi) is 1.70. The van der Waals surface area contributed by atoms with Gasteiger partial charge in [-0.05, 0) is 11.5 Å². The molecule has 2 aromatic carbocycles. The van der Waals surface area contributed by atoms with Crippen LogP contribution in [0.2, 0.25) is 0 Å². The van der Waals surface area contributed by atoms with Gasteiger partial charge in [0, 0.05) is 5.39 Å². The van der Waals surface area contributed by atoms with Crippen LogP contribution in [0.5, 0.6) is 0 Å². The molecule has 0 N–H and O–H groups in total. The Balaban J connectivity index is 2.54. The zero-order chi connectivity index (χ0) is 10.3. The summed E-state index contributed by atoms with van der Waals surface area (Å²) >= 11 is 1.44. The first-order valence-electron chi connectivity index (χ1n) is 4.57. The predicted molar refractivity (Wildman–Crippen MR) is 61.8 cm³/mol. The molecule has 0 atom stereocenters. The summed E-state index contributed by atoms with van der Waals surface area (Å²) in [4.78, 5) is 4.32. The van der Waals surface area contributed by atoms with Gasteiger partial charge in [-0.3, -0.25) is 0 Å². The van der Waals surface area contributed by atoms with Crippen LogP contribution in [0, 0.1) is 11.3 Å². The van der Waals surface area contributed by atoms with E-state index < -0.39 is 0 Å². The average molecular weight is 210 g/mol. The second kappa shape index (κ2) is 3.04. The first-order valence-corrected chi connectivity index (χ1v) is 5.38. The van der Waals surface area contributed by atoms with Gasteiger partial charge < -0.3 is 0 Å². The van der Waals surface area contributed by atoms with E-state index in [-0.39, 0.29) is 0 Å². The summed E-state index contributed by atoms with van der Waals surface area (Å²) in [7, 11) is 0. The van der Waals surface area contributed by atoms with E-state index in [4.69, 9.17) is 5.26 Å². The minimum atomic E-state index is 0.529. The molecule has 3 heteroatoms. The number of hydrogen-bond acceptors (Lipinski definition) is 3. The minimum Gasteiger partial charge on any atom is -0.225 e. The number of aromatic nitrogens is 1. The molecule has 15 heavy (non-hydrogen) atoms. The molecule has 0 spiro atoms. The van der Waals surface area contributed by atoms with Crippen LogP contribution in [-0.4, -0.2) is 4.98 Å². The summed E-state index contributed by atoms with van der Waals surface area (Å²) in [5.41, 5.74) is 0.939. The molecule has 0 fully saturated rings. The molecule has 0 aliphatic rings. The molecule has 1 aromatic heterocycles. The Labute approximate surface area is 90.4 Å².